The summed E-state index contributed by atoms with van der Waals surface area (Å²) in [5, 5.41) is 12.3. The van der Waals surface area contributed by atoms with Crippen molar-refractivity contribution in [2.75, 3.05) is 11.9 Å². The van der Waals surface area contributed by atoms with Crippen molar-refractivity contribution in [3.63, 3.8) is 0 Å². The van der Waals surface area contributed by atoms with E-state index < -0.39 is 11.9 Å². The van der Waals surface area contributed by atoms with E-state index >= 15 is 0 Å². The maximum Gasteiger partial charge on any atom is 0.306 e. The first-order chi connectivity index (χ1) is 13.1. The normalized spacial score (nSPS) is 10.3. The second-order valence-electron chi connectivity index (χ2n) is 5.83. The number of ether oxygens (including phenoxy) is 1. The molecule has 0 aliphatic carbocycles. The molecule has 0 atom stereocenters. The summed E-state index contributed by atoms with van der Waals surface area (Å²) < 4.78 is 6.13. The fourth-order valence-electron chi connectivity index (χ4n) is 2.45. The van der Waals surface area contributed by atoms with E-state index in [1.54, 1.807) is 35.6 Å². The van der Waals surface area contributed by atoms with E-state index in [9.17, 15) is 9.59 Å². The lowest BCUT2D eigenvalue weighted by Crippen LogP contribution is -2.20. The summed E-state index contributed by atoms with van der Waals surface area (Å²) in [5.41, 5.74) is 2.03. The Hall–Kier alpha value is -3.24. The molecule has 7 heteroatoms. The van der Waals surface area contributed by atoms with Gasteiger partial charge in [0.1, 0.15) is 0 Å². The van der Waals surface area contributed by atoms with Gasteiger partial charge in [-0.3, -0.25) is 9.59 Å². The monoisotopic (exact) mass is 379 g/mol. The molecule has 0 fully saturated rings. The third kappa shape index (κ3) is 5.36. The molecular weight excluding hydrogens is 362 g/mol. The average molecular weight is 379 g/mol. The third-order valence-corrected chi connectivity index (χ3v) is 4.87. The van der Waals surface area contributed by atoms with Crippen LogP contribution in [-0.2, 0) is 20.7 Å². The predicted octanol–water partition coefficient (Wildman–Crippen LogP) is 3.67. The Labute approximate surface area is 160 Å². The molecule has 0 saturated heterocycles. The van der Waals surface area contributed by atoms with Crippen molar-refractivity contribution in [3.05, 3.63) is 59.1 Å². The van der Waals surface area contributed by atoms with Crippen LogP contribution in [0.15, 0.2) is 48.5 Å². The molecule has 0 radical (unpaired) electrons. The van der Waals surface area contributed by atoms with E-state index in [0.717, 1.165) is 15.2 Å². The zero-order valence-corrected chi connectivity index (χ0v) is 15.3. The predicted molar refractivity (Wildman–Crippen MR) is 103 cm³/mol. The van der Waals surface area contributed by atoms with Gasteiger partial charge in [0.15, 0.2) is 6.61 Å². The quantitative estimate of drug-likeness (QED) is 0.632. The molecule has 136 valence electrons. The first-order valence-corrected chi connectivity index (χ1v) is 9.26. The average Bonchev–Trinajstić information content (AvgIpc) is 3.10. The lowest BCUT2D eigenvalue weighted by atomic mass is 10.2. The zero-order valence-electron chi connectivity index (χ0n) is 14.5. The number of aryl methyl sites for hydroxylation is 1. The first kappa shape index (κ1) is 18.5. The van der Waals surface area contributed by atoms with Gasteiger partial charge < -0.3 is 10.1 Å². The number of para-hydroxylation sites is 1. The highest BCUT2D eigenvalue weighted by Crippen LogP contribution is 2.22. The van der Waals surface area contributed by atoms with Gasteiger partial charge in [-0.1, -0.05) is 12.1 Å². The molecule has 0 aliphatic rings. The standard InChI is InChI=1S/C20H17N3O3S/c21-12-14-8-10-15(11-9-14)22-18(24)13-26-20(25)7-3-6-19-23-16-4-1-2-5-17(16)27-19/h1-2,4-5,8-11H,3,6-7,13H2,(H,22,24). The Morgan fingerprint density at radius 2 is 1.93 bits per heavy atom. The number of benzene rings is 2. The van der Waals surface area contributed by atoms with Crippen LogP contribution in [0.4, 0.5) is 5.69 Å². The highest BCUT2D eigenvalue weighted by atomic mass is 32.1. The number of nitriles is 1. The summed E-state index contributed by atoms with van der Waals surface area (Å²) in [4.78, 5) is 28.1. The summed E-state index contributed by atoms with van der Waals surface area (Å²) in [5.74, 6) is -0.828. The summed E-state index contributed by atoms with van der Waals surface area (Å²) in [6.45, 7) is -0.333. The van der Waals surface area contributed by atoms with Gasteiger partial charge in [0.2, 0.25) is 0 Å². The van der Waals surface area contributed by atoms with Crippen LogP contribution in [0.5, 0.6) is 0 Å². The number of fused-ring (bicyclic) bond motifs is 1. The minimum atomic E-state index is -0.417. The zero-order chi connectivity index (χ0) is 19.1. The van der Waals surface area contributed by atoms with Crippen molar-refractivity contribution >= 4 is 39.1 Å². The van der Waals surface area contributed by atoms with Crippen molar-refractivity contribution in [3.8, 4) is 6.07 Å². The van der Waals surface area contributed by atoms with Crippen molar-refractivity contribution in [1.82, 2.24) is 4.98 Å². The second kappa shape index (κ2) is 8.92. The summed E-state index contributed by atoms with van der Waals surface area (Å²) in [7, 11) is 0. The molecule has 0 aliphatic heterocycles. The number of nitrogens with zero attached hydrogens (tertiary/aromatic N) is 2. The summed E-state index contributed by atoms with van der Waals surface area (Å²) >= 11 is 1.62. The van der Waals surface area contributed by atoms with Crippen LogP contribution in [0.2, 0.25) is 0 Å². The Balaban J connectivity index is 1.37. The molecule has 1 heterocycles. The van der Waals surface area contributed by atoms with Gasteiger partial charge in [0.05, 0.1) is 26.9 Å². The molecule has 2 aromatic carbocycles. The largest absolute Gasteiger partial charge is 0.456 e. The van der Waals surface area contributed by atoms with Crippen molar-refractivity contribution < 1.29 is 14.3 Å². The SMILES string of the molecule is N#Cc1ccc(NC(=O)COC(=O)CCCc2nc3ccccc3s2)cc1. The van der Waals surface area contributed by atoms with E-state index in [-0.39, 0.29) is 13.0 Å². The van der Waals surface area contributed by atoms with Gasteiger partial charge in [-0.15, -0.1) is 11.3 Å². The van der Waals surface area contributed by atoms with Crippen LogP contribution in [0.3, 0.4) is 0 Å². The first-order valence-electron chi connectivity index (χ1n) is 8.44. The number of hydrogen-bond donors (Lipinski definition) is 1. The highest BCUT2D eigenvalue weighted by Gasteiger charge is 2.09. The van der Waals surface area contributed by atoms with Crippen molar-refractivity contribution in [2.24, 2.45) is 0 Å². The van der Waals surface area contributed by atoms with E-state index in [0.29, 0.717) is 24.1 Å². The van der Waals surface area contributed by atoms with Gasteiger partial charge in [-0.25, -0.2) is 4.98 Å². The Morgan fingerprint density at radius 1 is 1.15 bits per heavy atom. The Kier molecular flexibility index (Phi) is 6.13. The van der Waals surface area contributed by atoms with Crippen LogP contribution in [-0.4, -0.2) is 23.5 Å². The number of thiazole rings is 1. The number of esters is 1. The Bertz CT molecular complexity index is 957. The molecule has 3 aromatic rings. The van der Waals surface area contributed by atoms with Crippen LogP contribution >= 0.6 is 11.3 Å². The van der Waals surface area contributed by atoms with Gasteiger partial charge >= 0.3 is 5.97 Å². The fraction of sp³-hybridized carbons (Fsp3) is 0.200. The van der Waals surface area contributed by atoms with Gasteiger partial charge in [-0.2, -0.15) is 5.26 Å². The number of nitrogens with one attached hydrogen (secondary N) is 1. The van der Waals surface area contributed by atoms with Crippen molar-refractivity contribution in [2.45, 2.75) is 19.3 Å². The molecule has 1 N–H and O–H groups in total. The maximum absolute atomic E-state index is 11.8. The lowest BCUT2D eigenvalue weighted by molar-refractivity contribution is -0.147. The maximum atomic E-state index is 11.8. The summed E-state index contributed by atoms with van der Waals surface area (Å²) in [6, 6.07) is 16.4. The number of carbonyl (C=O) groups is 2. The number of rotatable bonds is 7. The number of hydrogen-bond acceptors (Lipinski definition) is 6. The van der Waals surface area contributed by atoms with E-state index in [1.165, 1.54) is 0 Å². The minimum absolute atomic E-state index is 0.236. The molecule has 1 amide bonds. The number of carbonyl (C=O) groups excluding carboxylic acids is 2. The minimum Gasteiger partial charge on any atom is -0.456 e. The molecule has 3 rings (SSSR count). The Morgan fingerprint density at radius 3 is 2.67 bits per heavy atom. The van der Waals surface area contributed by atoms with E-state index in [4.69, 9.17) is 10.00 Å². The van der Waals surface area contributed by atoms with Crippen molar-refractivity contribution in [1.29, 1.82) is 5.26 Å². The number of aromatic nitrogens is 1. The van der Waals surface area contributed by atoms with Crippen LogP contribution in [0.25, 0.3) is 10.2 Å². The topological polar surface area (TPSA) is 92.1 Å². The second-order valence-corrected chi connectivity index (χ2v) is 6.94. The molecular formula is C20H17N3O3S. The molecule has 0 bridgehead atoms. The molecule has 27 heavy (non-hydrogen) atoms. The van der Waals surface area contributed by atoms with Gasteiger partial charge in [-0.05, 0) is 49.2 Å². The summed E-state index contributed by atoms with van der Waals surface area (Å²) in [6.07, 6.45) is 1.56. The third-order valence-electron chi connectivity index (χ3n) is 3.77. The van der Waals surface area contributed by atoms with Gasteiger partial charge in [0.25, 0.3) is 5.91 Å². The van der Waals surface area contributed by atoms with E-state index in [1.807, 2.05) is 30.3 Å². The highest BCUT2D eigenvalue weighted by molar-refractivity contribution is 7.18. The van der Waals surface area contributed by atoms with Gasteiger partial charge in [0, 0.05) is 12.1 Å². The van der Waals surface area contributed by atoms with E-state index in [2.05, 4.69) is 10.3 Å². The smallest absolute Gasteiger partial charge is 0.306 e. The number of amides is 1. The van der Waals surface area contributed by atoms with Crippen LogP contribution in [0.1, 0.15) is 23.4 Å². The van der Waals surface area contributed by atoms with Crippen LogP contribution in [0, 0.1) is 11.3 Å². The lowest BCUT2D eigenvalue weighted by Gasteiger charge is -2.06. The fourth-order valence-corrected chi connectivity index (χ4v) is 3.46. The molecule has 6 nitrogen and oxygen atoms in total. The molecule has 0 spiro atoms. The molecule has 0 unspecified atom stereocenters. The molecule has 0 saturated carbocycles. The molecule has 1 aromatic heterocycles. The van der Waals surface area contributed by atoms with Crippen LogP contribution < -0.4 is 5.32 Å². The number of anilines is 1.